The highest BCUT2D eigenvalue weighted by Gasteiger charge is 2.15. The zero-order chi connectivity index (χ0) is 22.1. The Balaban J connectivity index is 1.65. The molecule has 2 aromatic rings. The second-order valence-corrected chi connectivity index (χ2v) is 7.67. The number of carboxylic acid groups (broad SMARTS) is 1. The van der Waals surface area contributed by atoms with Crippen molar-refractivity contribution in [2.45, 2.75) is 51.0 Å². The van der Waals surface area contributed by atoms with Crippen molar-refractivity contribution in [3.05, 3.63) is 59.7 Å². The van der Waals surface area contributed by atoms with E-state index in [1.807, 2.05) is 18.2 Å². The number of carbonyl (C=O) groups is 2. The van der Waals surface area contributed by atoms with E-state index in [1.165, 1.54) is 44.2 Å². The molecule has 3 rings (SSSR count). The molecule has 6 nitrogen and oxygen atoms in total. The average molecular weight is 424 g/mol. The van der Waals surface area contributed by atoms with Crippen LogP contribution in [-0.4, -0.2) is 30.2 Å². The molecule has 1 saturated carbocycles. The molecule has 1 aliphatic rings. The van der Waals surface area contributed by atoms with Gasteiger partial charge in [0.25, 0.3) is 0 Å². The Morgan fingerprint density at radius 3 is 2.42 bits per heavy atom. The minimum absolute atomic E-state index is 0.0432. The fourth-order valence-electron chi connectivity index (χ4n) is 3.73. The van der Waals surface area contributed by atoms with E-state index in [1.54, 1.807) is 31.4 Å². The largest absolute Gasteiger partial charge is 0.493 e. The number of aromatic carboxylic acids is 1. The maximum absolute atomic E-state index is 12.3. The molecule has 1 fully saturated rings. The smallest absolute Gasteiger partial charge is 0.337 e. The third-order valence-corrected chi connectivity index (χ3v) is 5.38. The molecule has 1 amide bonds. The van der Waals surface area contributed by atoms with E-state index < -0.39 is 11.9 Å². The predicted octanol–water partition coefficient (Wildman–Crippen LogP) is 5.54. The molecule has 2 N–H and O–H groups in total. The summed E-state index contributed by atoms with van der Waals surface area (Å²) in [7, 11) is 1.60. The van der Waals surface area contributed by atoms with Crippen molar-refractivity contribution >= 4 is 23.6 Å². The lowest BCUT2D eigenvalue weighted by Gasteiger charge is -2.22. The van der Waals surface area contributed by atoms with Gasteiger partial charge in [-0.3, -0.25) is 4.79 Å². The Bertz CT molecular complexity index is 929. The molecule has 0 aromatic heterocycles. The van der Waals surface area contributed by atoms with Crippen LogP contribution in [0.3, 0.4) is 0 Å². The molecule has 0 atom stereocenters. The average Bonchev–Trinajstić information content (AvgIpc) is 2.75. The summed E-state index contributed by atoms with van der Waals surface area (Å²) in [4.78, 5) is 23.5. The third kappa shape index (κ3) is 6.60. The number of hydrogen-bond donors (Lipinski definition) is 2. The maximum Gasteiger partial charge on any atom is 0.337 e. The monoisotopic (exact) mass is 423 g/mol. The number of benzene rings is 2. The number of carboxylic acids is 1. The second-order valence-electron chi connectivity index (χ2n) is 7.67. The summed E-state index contributed by atoms with van der Waals surface area (Å²) < 4.78 is 11.7. The molecule has 0 heterocycles. The van der Waals surface area contributed by atoms with Gasteiger partial charge in [-0.25, -0.2) is 4.79 Å². The Hall–Kier alpha value is -3.28. The van der Waals surface area contributed by atoms with Crippen molar-refractivity contribution in [2.75, 3.05) is 12.4 Å². The summed E-state index contributed by atoms with van der Waals surface area (Å²) in [6.45, 7) is 0. The van der Waals surface area contributed by atoms with Gasteiger partial charge in [-0.1, -0.05) is 37.5 Å². The first-order valence-electron chi connectivity index (χ1n) is 10.7. The molecular weight excluding hydrogens is 394 g/mol. The van der Waals surface area contributed by atoms with Crippen molar-refractivity contribution < 1.29 is 24.2 Å². The summed E-state index contributed by atoms with van der Waals surface area (Å²) in [5.74, 6) is -0.169. The number of para-hydroxylation sites is 1. The lowest BCUT2D eigenvalue weighted by Crippen LogP contribution is -2.18. The first-order chi connectivity index (χ1) is 15.1. The number of ether oxygens (including phenoxy) is 2. The minimum Gasteiger partial charge on any atom is -0.493 e. The van der Waals surface area contributed by atoms with Crippen LogP contribution in [0.1, 0.15) is 60.9 Å². The summed E-state index contributed by atoms with van der Waals surface area (Å²) in [5, 5.41) is 11.8. The quantitative estimate of drug-likeness (QED) is 0.572. The van der Waals surface area contributed by atoms with Crippen LogP contribution in [0.2, 0.25) is 0 Å². The SMILES string of the molecule is COc1cc(C=CC(=O)Nc2ccccc2C(=O)O)ccc1OC1CCCCCCC1. The highest BCUT2D eigenvalue weighted by Crippen LogP contribution is 2.31. The number of rotatable bonds is 7. The normalized spacial score (nSPS) is 15.1. The third-order valence-electron chi connectivity index (χ3n) is 5.38. The van der Waals surface area contributed by atoms with E-state index in [0.717, 1.165) is 18.4 Å². The molecule has 31 heavy (non-hydrogen) atoms. The number of hydrogen-bond acceptors (Lipinski definition) is 4. The summed E-state index contributed by atoms with van der Waals surface area (Å²) in [6, 6.07) is 11.9. The van der Waals surface area contributed by atoms with Crippen LogP contribution in [0.25, 0.3) is 6.08 Å². The van der Waals surface area contributed by atoms with Gasteiger partial charge in [0.2, 0.25) is 5.91 Å². The molecule has 0 radical (unpaired) electrons. The highest BCUT2D eigenvalue weighted by molar-refractivity contribution is 6.06. The summed E-state index contributed by atoms with van der Waals surface area (Å²) in [6.07, 6.45) is 11.6. The lowest BCUT2D eigenvalue weighted by molar-refractivity contribution is -0.111. The predicted molar refractivity (Wildman–Crippen MR) is 121 cm³/mol. The van der Waals surface area contributed by atoms with Gasteiger partial charge in [0.15, 0.2) is 11.5 Å². The van der Waals surface area contributed by atoms with Crippen LogP contribution in [0.4, 0.5) is 5.69 Å². The summed E-state index contributed by atoms with van der Waals surface area (Å²) in [5.41, 5.74) is 1.08. The van der Waals surface area contributed by atoms with Gasteiger partial charge < -0.3 is 19.9 Å². The first-order valence-corrected chi connectivity index (χ1v) is 10.7. The molecule has 0 aliphatic heterocycles. The fraction of sp³-hybridized carbons (Fsp3) is 0.360. The van der Waals surface area contributed by atoms with Crippen LogP contribution in [0.15, 0.2) is 48.5 Å². The van der Waals surface area contributed by atoms with E-state index in [-0.39, 0.29) is 17.4 Å². The van der Waals surface area contributed by atoms with Crippen molar-refractivity contribution in [1.82, 2.24) is 0 Å². The van der Waals surface area contributed by atoms with Crippen LogP contribution in [0.5, 0.6) is 11.5 Å². The van der Waals surface area contributed by atoms with Gasteiger partial charge in [0, 0.05) is 6.08 Å². The lowest BCUT2D eigenvalue weighted by atomic mass is 9.98. The van der Waals surface area contributed by atoms with Gasteiger partial charge in [0.1, 0.15) is 0 Å². The molecule has 6 heteroatoms. The Kier molecular flexibility index (Phi) is 8.10. The fourth-order valence-corrected chi connectivity index (χ4v) is 3.73. The van der Waals surface area contributed by atoms with E-state index in [9.17, 15) is 14.7 Å². The molecule has 0 saturated heterocycles. The molecule has 1 aliphatic carbocycles. The first kappa shape index (κ1) is 22.4. The molecule has 164 valence electrons. The molecular formula is C25H29NO5. The number of carbonyl (C=O) groups excluding carboxylic acids is 1. The van der Waals surface area contributed by atoms with Crippen molar-refractivity contribution in [3.63, 3.8) is 0 Å². The van der Waals surface area contributed by atoms with E-state index in [4.69, 9.17) is 9.47 Å². The van der Waals surface area contributed by atoms with Crippen molar-refractivity contribution in [2.24, 2.45) is 0 Å². The van der Waals surface area contributed by atoms with Gasteiger partial charge in [-0.05, 0) is 61.6 Å². The number of methoxy groups -OCH3 is 1. The second kappa shape index (κ2) is 11.2. The van der Waals surface area contributed by atoms with E-state index >= 15 is 0 Å². The molecule has 0 bridgehead atoms. The van der Waals surface area contributed by atoms with Crippen molar-refractivity contribution in [3.8, 4) is 11.5 Å². The zero-order valence-corrected chi connectivity index (χ0v) is 17.8. The van der Waals surface area contributed by atoms with Crippen LogP contribution in [-0.2, 0) is 4.79 Å². The Morgan fingerprint density at radius 1 is 1.00 bits per heavy atom. The summed E-state index contributed by atoms with van der Waals surface area (Å²) >= 11 is 0. The molecule has 0 spiro atoms. The van der Waals surface area contributed by atoms with Gasteiger partial charge in [-0.2, -0.15) is 0 Å². The van der Waals surface area contributed by atoms with Crippen molar-refractivity contribution in [1.29, 1.82) is 0 Å². The van der Waals surface area contributed by atoms with Crippen LogP contribution in [0, 0.1) is 0 Å². The van der Waals surface area contributed by atoms with E-state index in [2.05, 4.69) is 5.32 Å². The maximum atomic E-state index is 12.3. The number of anilines is 1. The van der Waals surface area contributed by atoms with Crippen LogP contribution >= 0.6 is 0 Å². The molecule has 0 unspecified atom stereocenters. The minimum atomic E-state index is -1.09. The highest BCUT2D eigenvalue weighted by atomic mass is 16.5. The molecule has 2 aromatic carbocycles. The number of amides is 1. The standard InChI is InChI=1S/C25H29NO5/c1-30-23-17-18(13-15-22(23)31-19-9-5-3-2-4-6-10-19)14-16-24(27)26-21-12-8-7-11-20(21)25(28)29/h7-8,11-17,19H,2-6,9-10H2,1H3,(H,26,27)(H,28,29). The van der Waals surface area contributed by atoms with Gasteiger partial charge >= 0.3 is 5.97 Å². The topological polar surface area (TPSA) is 84.9 Å². The van der Waals surface area contributed by atoms with Gasteiger partial charge in [0.05, 0.1) is 24.5 Å². The zero-order valence-electron chi connectivity index (χ0n) is 17.8. The Labute approximate surface area is 182 Å². The van der Waals surface area contributed by atoms with E-state index in [0.29, 0.717) is 11.5 Å². The van der Waals surface area contributed by atoms with Crippen LogP contribution < -0.4 is 14.8 Å². The number of nitrogens with one attached hydrogen (secondary N) is 1. The van der Waals surface area contributed by atoms with Gasteiger partial charge in [-0.15, -0.1) is 0 Å². The Morgan fingerprint density at radius 2 is 1.71 bits per heavy atom.